The smallest absolute Gasteiger partial charge is 0.261 e. The number of para-hydroxylation sites is 1. The fourth-order valence-electron chi connectivity index (χ4n) is 3.85. The normalized spacial score (nSPS) is 12.4. The largest absolute Gasteiger partial charge is 0.493 e. The summed E-state index contributed by atoms with van der Waals surface area (Å²) >= 11 is 0. The van der Waals surface area contributed by atoms with Gasteiger partial charge in [-0.1, -0.05) is 12.1 Å². The molecule has 0 unspecified atom stereocenters. The van der Waals surface area contributed by atoms with Crippen molar-refractivity contribution in [2.24, 2.45) is 0 Å². The fourth-order valence-corrected chi connectivity index (χ4v) is 3.85. The second-order valence-corrected chi connectivity index (χ2v) is 7.26. The molecular formula is C24H24N2O5. The van der Waals surface area contributed by atoms with Crippen LogP contribution in [0.2, 0.25) is 0 Å². The van der Waals surface area contributed by atoms with E-state index in [4.69, 9.17) is 13.9 Å². The van der Waals surface area contributed by atoms with Gasteiger partial charge in [-0.05, 0) is 54.3 Å². The van der Waals surface area contributed by atoms with E-state index in [1.54, 1.807) is 25.2 Å². The number of anilines is 2. The highest BCUT2D eigenvalue weighted by atomic mass is 16.5. The highest BCUT2D eigenvalue weighted by Gasteiger charge is 2.26. The lowest BCUT2D eigenvalue weighted by atomic mass is 10.1. The summed E-state index contributed by atoms with van der Waals surface area (Å²) in [5.74, 6) is 1.12. The topological polar surface area (TPSA) is 81.0 Å². The van der Waals surface area contributed by atoms with E-state index >= 15 is 0 Å². The number of methoxy groups -OCH3 is 2. The number of ether oxygens (including phenoxy) is 2. The zero-order valence-corrected chi connectivity index (χ0v) is 17.5. The zero-order valence-electron chi connectivity index (χ0n) is 17.5. The van der Waals surface area contributed by atoms with Gasteiger partial charge in [0.1, 0.15) is 6.26 Å². The second-order valence-electron chi connectivity index (χ2n) is 7.26. The average Bonchev–Trinajstić information content (AvgIpc) is 3.47. The van der Waals surface area contributed by atoms with Crippen LogP contribution in [0.3, 0.4) is 0 Å². The monoisotopic (exact) mass is 420 g/mol. The summed E-state index contributed by atoms with van der Waals surface area (Å²) in [7, 11) is 3.18. The molecule has 2 amide bonds. The van der Waals surface area contributed by atoms with E-state index in [2.05, 4.69) is 5.32 Å². The molecule has 0 spiro atoms. The molecule has 1 aliphatic heterocycles. The number of carbonyl (C=O) groups is 2. The van der Waals surface area contributed by atoms with Gasteiger partial charge in [-0.3, -0.25) is 9.59 Å². The molecule has 0 aliphatic carbocycles. The lowest BCUT2D eigenvalue weighted by Crippen LogP contribution is -2.28. The molecular weight excluding hydrogens is 396 g/mol. The summed E-state index contributed by atoms with van der Waals surface area (Å²) in [6, 6.07) is 12.9. The number of amides is 2. The second kappa shape index (κ2) is 8.95. The molecule has 7 nitrogen and oxygen atoms in total. The molecule has 0 saturated heterocycles. The zero-order chi connectivity index (χ0) is 21.8. The van der Waals surface area contributed by atoms with Crippen LogP contribution in [-0.4, -0.2) is 32.6 Å². The molecule has 0 saturated carbocycles. The minimum atomic E-state index is -0.0888. The van der Waals surface area contributed by atoms with Crippen molar-refractivity contribution in [3.05, 3.63) is 71.7 Å². The average molecular weight is 420 g/mol. The molecule has 0 radical (unpaired) electrons. The summed E-state index contributed by atoms with van der Waals surface area (Å²) < 4.78 is 15.8. The highest BCUT2D eigenvalue weighted by molar-refractivity contribution is 6.07. The Bertz CT molecular complexity index is 1090. The number of nitrogens with zero attached hydrogens (tertiary/aromatic N) is 1. The SMILES string of the molecule is COc1cccc(CCC(=O)Nc2ccc3c(c2)CCN3C(=O)c2ccoc2)c1OC. The molecule has 2 heterocycles. The first-order valence-electron chi connectivity index (χ1n) is 10.1. The van der Waals surface area contributed by atoms with Crippen LogP contribution in [-0.2, 0) is 17.6 Å². The van der Waals surface area contributed by atoms with E-state index in [0.29, 0.717) is 36.4 Å². The minimum absolute atomic E-state index is 0.0866. The molecule has 0 atom stereocenters. The Balaban J connectivity index is 1.40. The maximum Gasteiger partial charge on any atom is 0.261 e. The molecule has 0 fully saturated rings. The van der Waals surface area contributed by atoms with Gasteiger partial charge in [0.25, 0.3) is 5.91 Å². The number of furan rings is 1. The Hall–Kier alpha value is -3.74. The molecule has 31 heavy (non-hydrogen) atoms. The lowest BCUT2D eigenvalue weighted by Gasteiger charge is -2.16. The summed E-state index contributed by atoms with van der Waals surface area (Å²) in [4.78, 5) is 26.9. The van der Waals surface area contributed by atoms with Gasteiger partial charge in [-0.2, -0.15) is 0 Å². The Morgan fingerprint density at radius 1 is 1.13 bits per heavy atom. The third kappa shape index (κ3) is 4.26. The van der Waals surface area contributed by atoms with E-state index in [-0.39, 0.29) is 11.8 Å². The van der Waals surface area contributed by atoms with Crippen molar-refractivity contribution < 1.29 is 23.5 Å². The summed E-state index contributed by atoms with van der Waals surface area (Å²) in [6.07, 6.45) is 4.52. The molecule has 1 aliphatic rings. The van der Waals surface area contributed by atoms with E-state index < -0.39 is 0 Å². The third-order valence-electron chi connectivity index (χ3n) is 5.38. The van der Waals surface area contributed by atoms with Crippen molar-refractivity contribution in [3.8, 4) is 11.5 Å². The van der Waals surface area contributed by atoms with Crippen molar-refractivity contribution in [2.75, 3.05) is 31.0 Å². The number of hydrogen-bond acceptors (Lipinski definition) is 5. The third-order valence-corrected chi connectivity index (χ3v) is 5.38. The number of rotatable bonds is 7. The number of hydrogen-bond donors (Lipinski definition) is 1. The van der Waals surface area contributed by atoms with Crippen LogP contribution in [0.5, 0.6) is 11.5 Å². The van der Waals surface area contributed by atoms with E-state index in [1.807, 2.05) is 36.4 Å². The quantitative estimate of drug-likeness (QED) is 0.623. The maximum absolute atomic E-state index is 12.6. The Morgan fingerprint density at radius 2 is 2.00 bits per heavy atom. The fraction of sp³-hybridized carbons (Fsp3) is 0.250. The van der Waals surface area contributed by atoms with Gasteiger partial charge in [0.05, 0.1) is 26.0 Å². The molecule has 1 aromatic heterocycles. The van der Waals surface area contributed by atoms with E-state index in [0.717, 1.165) is 28.9 Å². The number of benzene rings is 2. The lowest BCUT2D eigenvalue weighted by molar-refractivity contribution is -0.116. The van der Waals surface area contributed by atoms with Gasteiger partial charge in [-0.25, -0.2) is 0 Å². The van der Waals surface area contributed by atoms with Gasteiger partial charge in [-0.15, -0.1) is 0 Å². The first-order chi connectivity index (χ1) is 15.1. The van der Waals surface area contributed by atoms with Crippen LogP contribution >= 0.6 is 0 Å². The first-order valence-corrected chi connectivity index (χ1v) is 10.1. The maximum atomic E-state index is 12.6. The van der Waals surface area contributed by atoms with Gasteiger partial charge >= 0.3 is 0 Å². The predicted molar refractivity (Wildman–Crippen MR) is 117 cm³/mol. The number of nitrogens with one attached hydrogen (secondary N) is 1. The molecule has 3 aromatic rings. The van der Waals surface area contributed by atoms with Crippen molar-refractivity contribution >= 4 is 23.2 Å². The Kier molecular flexibility index (Phi) is 5.93. The molecule has 0 bridgehead atoms. The van der Waals surface area contributed by atoms with Crippen LogP contribution in [0.1, 0.15) is 27.9 Å². The highest BCUT2D eigenvalue weighted by Crippen LogP contribution is 2.33. The summed E-state index contributed by atoms with van der Waals surface area (Å²) in [5, 5.41) is 2.95. The van der Waals surface area contributed by atoms with Crippen LogP contribution < -0.4 is 19.7 Å². The van der Waals surface area contributed by atoms with Crippen LogP contribution in [0.15, 0.2) is 59.4 Å². The van der Waals surface area contributed by atoms with Crippen molar-refractivity contribution in [3.63, 3.8) is 0 Å². The Morgan fingerprint density at radius 3 is 2.74 bits per heavy atom. The van der Waals surface area contributed by atoms with Gasteiger partial charge in [0.2, 0.25) is 5.91 Å². The minimum Gasteiger partial charge on any atom is -0.493 e. The summed E-state index contributed by atoms with van der Waals surface area (Å²) in [6.45, 7) is 0.604. The van der Waals surface area contributed by atoms with Crippen LogP contribution in [0, 0.1) is 0 Å². The molecule has 160 valence electrons. The van der Waals surface area contributed by atoms with Gasteiger partial charge in [0, 0.05) is 24.3 Å². The van der Waals surface area contributed by atoms with Gasteiger partial charge in [0.15, 0.2) is 11.5 Å². The van der Waals surface area contributed by atoms with E-state index in [9.17, 15) is 9.59 Å². The number of carbonyl (C=O) groups excluding carboxylic acids is 2. The van der Waals surface area contributed by atoms with Gasteiger partial charge < -0.3 is 24.1 Å². The summed E-state index contributed by atoms with van der Waals surface area (Å²) in [5.41, 5.74) is 4.06. The molecule has 2 aromatic carbocycles. The van der Waals surface area contributed by atoms with E-state index in [1.165, 1.54) is 12.5 Å². The van der Waals surface area contributed by atoms with Crippen molar-refractivity contribution in [1.29, 1.82) is 0 Å². The standard InChI is InChI=1S/C24H24N2O5/c1-29-21-5-3-4-16(23(21)30-2)6-9-22(27)25-19-7-8-20-17(14-19)10-12-26(20)24(28)18-11-13-31-15-18/h3-5,7-8,11,13-15H,6,9-10,12H2,1-2H3,(H,25,27). The molecule has 7 heteroatoms. The molecule has 4 rings (SSSR count). The van der Waals surface area contributed by atoms with Crippen LogP contribution in [0.4, 0.5) is 11.4 Å². The Labute approximate surface area is 180 Å². The molecule has 1 N–H and O–H groups in total. The first kappa shape index (κ1) is 20.5. The van der Waals surface area contributed by atoms with Crippen molar-refractivity contribution in [1.82, 2.24) is 0 Å². The predicted octanol–water partition coefficient (Wildman–Crippen LogP) is 4.07. The van der Waals surface area contributed by atoms with Crippen molar-refractivity contribution in [2.45, 2.75) is 19.3 Å². The number of fused-ring (bicyclic) bond motifs is 1. The number of aryl methyl sites for hydroxylation is 1. The van der Waals surface area contributed by atoms with Crippen LogP contribution in [0.25, 0.3) is 0 Å².